The van der Waals surface area contributed by atoms with Crippen LogP contribution in [0.15, 0.2) is 89.8 Å². The highest BCUT2D eigenvalue weighted by Crippen LogP contribution is 2.25. The average molecular weight is 465 g/mol. The van der Waals surface area contributed by atoms with Crippen molar-refractivity contribution < 1.29 is 13.2 Å². The van der Waals surface area contributed by atoms with Crippen LogP contribution in [0, 0.1) is 5.92 Å². The third-order valence-electron chi connectivity index (χ3n) is 5.50. The lowest BCUT2D eigenvalue weighted by molar-refractivity contribution is -0.120. The Balaban J connectivity index is 1.91. The quantitative estimate of drug-likeness (QED) is 0.440. The van der Waals surface area contributed by atoms with Crippen LogP contribution in [0.5, 0.6) is 0 Å². The minimum absolute atomic E-state index is 0.152. The molecule has 0 aliphatic rings. The van der Waals surface area contributed by atoms with Crippen molar-refractivity contribution in [3.8, 4) is 0 Å². The summed E-state index contributed by atoms with van der Waals surface area (Å²) in [7, 11) is -3.92. The molecule has 0 aliphatic carbocycles. The molecule has 6 heteroatoms. The number of nitrogens with zero attached hydrogens (tertiary/aromatic N) is 1. The van der Waals surface area contributed by atoms with Crippen molar-refractivity contribution in [2.75, 3.05) is 10.8 Å². The van der Waals surface area contributed by atoms with Crippen LogP contribution < -0.4 is 9.62 Å². The Morgan fingerprint density at radius 2 is 1.45 bits per heavy atom. The maximum atomic E-state index is 13.5. The van der Waals surface area contributed by atoms with E-state index in [0.717, 1.165) is 24.0 Å². The molecule has 0 aliphatic heterocycles. The number of sulfonamides is 1. The summed E-state index contributed by atoms with van der Waals surface area (Å²) in [5, 5.41) is 3.07. The summed E-state index contributed by atoms with van der Waals surface area (Å²) in [6.45, 7) is 5.94. The van der Waals surface area contributed by atoms with E-state index in [-0.39, 0.29) is 23.4 Å². The lowest BCUT2D eigenvalue weighted by Gasteiger charge is -2.26. The highest BCUT2D eigenvalue weighted by atomic mass is 32.2. The summed E-state index contributed by atoms with van der Waals surface area (Å²) in [5.74, 6) is 0.0184. The smallest absolute Gasteiger partial charge is 0.264 e. The van der Waals surface area contributed by atoms with Gasteiger partial charge < -0.3 is 5.32 Å². The molecule has 0 radical (unpaired) electrons. The van der Waals surface area contributed by atoms with Crippen LogP contribution in [-0.2, 0) is 21.2 Å². The van der Waals surface area contributed by atoms with Crippen LogP contribution in [-0.4, -0.2) is 20.9 Å². The van der Waals surface area contributed by atoms with Gasteiger partial charge in [-0.3, -0.25) is 9.10 Å². The first-order valence-electron chi connectivity index (χ1n) is 11.3. The number of hydrogen-bond donors (Lipinski definition) is 1. The molecule has 0 saturated heterocycles. The molecule has 0 saturated carbocycles. The van der Waals surface area contributed by atoms with Gasteiger partial charge in [-0.1, -0.05) is 81.4 Å². The van der Waals surface area contributed by atoms with Gasteiger partial charge in [-0.15, -0.1) is 0 Å². The Kier molecular flexibility index (Phi) is 8.28. The number of rotatable bonds is 10. The largest absolute Gasteiger partial charge is 0.348 e. The average Bonchev–Trinajstić information content (AvgIpc) is 2.83. The molecule has 174 valence electrons. The monoisotopic (exact) mass is 464 g/mol. The number of carbonyl (C=O) groups excluding carboxylic acids is 1. The van der Waals surface area contributed by atoms with E-state index in [9.17, 15) is 13.2 Å². The lowest BCUT2D eigenvalue weighted by Crippen LogP contribution is -2.42. The van der Waals surface area contributed by atoms with Crippen molar-refractivity contribution in [1.82, 2.24) is 5.32 Å². The molecule has 1 atom stereocenters. The van der Waals surface area contributed by atoms with Crippen molar-refractivity contribution in [3.63, 3.8) is 0 Å². The summed E-state index contributed by atoms with van der Waals surface area (Å²) in [4.78, 5) is 13.3. The third kappa shape index (κ3) is 6.45. The van der Waals surface area contributed by atoms with Gasteiger partial charge >= 0.3 is 0 Å². The highest BCUT2D eigenvalue weighted by Gasteiger charge is 2.28. The molecule has 0 heterocycles. The Morgan fingerprint density at radius 1 is 0.879 bits per heavy atom. The molecule has 1 N–H and O–H groups in total. The topological polar surface area (TPSA) is 66.5 Å². The zero-order valence-electron chi connectivity index (χ0n) is 19.4. The van der Waals surface area contributed by atoms with E-state index in [0.29, 0.717) is 11.6 Å². The van der Waals surface area contributed by atoms with Crippen molar-refractivity contribution in [3.05, 3.63) is 96.1 Å². The number of carbonyl (C=O) groups is 1. The summed E-state index contributed by atoms with van der Waals surface area (Å²) in [6, 6.07) is 25.1. The van der Waals surface area contributed by atoms with Crippen LogP contribution in [0.3, 0.4) is 0 Å². The SMILES string of the molecule is CCc1ccc(N(CC(=O)NC(CC(C)C)c2ccccc2)S(=O)(=O)c2ccccc2)cc1. The van der Waals surface area contributed by atoms with Crippen LogP contribution in [0.25, 0.3) is 0 Å². The van der Waals surface area contributed by atoms with Gasteiger partial charge in [-0.25, -0.2) is 8.42 Å². The van der Waals surface area contributed by atoms with E-state index in [4.69, 9.17) is 0 Å². The Labute approximate surface area is 197 Å². The molecule has 5 nitrogen and oxygen atoms in total. The predicted molar refractivity (Wildman–Crippen MR) is 134 cm³/mol. The molecule has 33 heavy (non-hydrogen) atoms. The van der Waals surface area contributed by atoms with Crippen molar-refractivity contribution in [1.29, 1.82) is 0 Å². The number of nitrogens with one attached hydrogen (secondary N) is 1. The van der Waals surface area contributed by atoms with Gasteiger partial charge in [0.05, 0.1) is 16.6 Å². The summed E-state index contributed by atoms with van der Waals surface area (Å²) in [5.41, 5.74) is 2.57. The molecule has 0 spiro atoms. The number of aryl methyl sites for hydroxylation is 1. The number of amides is 1. The van der Waals surface area contributed by atoms with E-state index in [1.165, 1.54) is 4.31 Å². The van der Waals surface area contributed by atoms with E-state index in [1.54, 1.807) is 42.5 Å². The third-order valence-corrected chi connectivity index (χ3v) is 7.28. The van der Waals surface area contributed by atoms with Gasteiger partial charge in [0.25, 0.3) is 10.0 Å². The first-order chi connectivity index (χ1) is 15.8. The Morgan fingerprint density at radius 3 is 2.00 bits per heavy atom. The van der Waals surface area contributed by atoms with Crippen molar-refractivity contribution in [2.45, 2.75) is 44.6 Å². The van der Waals surface area contributed by atoms with Crippen LogP contribution in [0.4, 0.5) is 5.69 Å². The molecule has 1 unspecified atom stereocenters. The van der Waals surface area contributed by atoms with Crippen LogP contribution in [0.1, 0.15) is 44.4 Å². The molecule has 0 aromatic heterocycles. The second-order valence-electron chi connectivity index (χ2n) is 8.51. The standard InChI is InChI=1S/C27H32N2O3S/c1-4-22-15-17-24(18-16-22)29(33(31,32)25-13-9-6-10-14-25)20-27(30)28-26(19-21(2)3)23-11-7-5-8-12-23/h5-18,21,26H,4,19-20H2,1-3H3,(H,28,30). The Bertz CT molecular complexity index is 1130. The van der Waals surface area contributed by atoms with Crippen molar-refractivity contribution >= 4 is 21.6 Å². The van der Waals surface area contributed by atoms with Crippen molar-refractivity contribution in [2.24, 2.45) is 5.92 Å². The molecule has 1 amide bonds. The second-order valence-corrected chi connectivity index (χ2v) is 10.4. The van der Waals surface area contributed by atoms with Gasteiger partial charge in [-0.05, 0) is 54.2 Å². The molecular formula is C27H32N2O3S. The summed E-state index contributed by atoms with van der Waals surface area (Å²) >= 11 is 0. The van der Waals surface area contributed by atoms with Gasteiger partial charge in [0, 0.05) is 0 Å². The molecule has 3 rings (SSSR count). The number of anilines is 1. The second kappa shape index (κ2) is 11.1. The zero-order chi connectivity index (χ0) is 23.8. The fourth-order valence-corrected chi connectivity index (χ4v) is 5.18. The van der Waals surface area contributed by atoms with Gasteiger partial charge in [-0.2, -0.15) is 0 Å². The zero-order valence-corrected chi connectivity index (χ0v) is 20.3. The minimum atomic E-state index is -3.92. The molecule has 3 aromatic carbocycles. The van der Waals surface area contributed by atoms with Gasteiger partial charge in [0.2, 0.25) is 5.91 Å². The van der Waals surface area contributed by atoms with Gasteiger partial charge in [0.15, 0.2) is 0 Å². The van der Waals surface area contributed by atoms with E-state index < -0.39 is 10.0 Å². The normalized spacial score (nSPS) is 12.4. The first kappa shape index (κ1) is 24.5. The van der Waals surface area contributed by atoms with E-state index >= 15 is 0 Å². The fraction of sp³-hybridized carbons (Fsp3) is 0.296. The fourth-order valence-electron chi connectivity index (χ4n) is 3.74. The van der Waals surface area contributed by atoms with E-state index in [2.05, 4.69) is 19.2 Å². The first-order valence-corrected chi connectivity index (χ1v) is 12.8. The highest BCUT2D eigenvalue weighted by molar-refractivity contribution is 7.92. The number of hydrogen-bond acceptors (Lipinski definition) is 3. The molecule has 0 bridgehead atoms. The maximum absolute atomic E-state index is 13.5. The van der Waals surface area contributed by atoms with Gasteiger partial charge in [0.1, 0.15) is 6.54 Å². The lowest BCUT2D eigenvalue weighted by atomic mass is 9.97. The Hall–Kier alpha value is -3.12. The number of benzene rings is 3. The van der Waals surface area contributed by atoms with Crippen LogP contribution >= 0.6 is 0 Å². The van der Waals surface area contributed by atoms with E-state index in [1.807, 2.05) is 49.4 Å². The molecular weight excluding hydrogens is 432 g/mol. The minimum Gasteiger partial charge on any atom is -0.348 e. The summed E-state index contributed by atoms with van der Waals surface area (Å²) < 4.78 is 28.2. The maximum Gasteiger partial charge on any atom is 0.264 e. The predicted octanol–water partition coefficient (Wildman–Crippen LogP) is 5.35. The molecule has 3 aromatic rings. The summed E-state index contributed by atoms with van der Waals surface area (Å²) in [6.07, 6.45) is 1.60. The van der Waals surface area contributed by atoms with Crippen LogP contribution in [0.2, 0.25) is 0 Å². The molecule has 0 fully saturated rings.